The number of Topliss-reactive ketones (excluding diaryl/α,β-unsaturated/α-hetero) is 1. The Morgan fingerprint density at radius 1 is 1.31 bits per heavy atom. The second kappa shape index (κ2) is 4.73. The Hall–Kier alpha value is -0.580. The number of carbonyl (C=O) groups excluding carboxylic acids is 1. The highest BCUT2D eigenvalue weighted by Crippen LogP contribution is 2.43. The normalized spacial score (nSPS) is 11.3. The summed E-state index contributed by atoms with van der Waals surface area (Å²) in [7, 11) is -4.70. The molecule has 0 saturated heterocycles. The summed E-state index contributed by atoms with van der Waals surface area (Å²) in [5.74, 6) is -0.584. The van der Waals surface area contributed by atoms with Crippen molar-refractivity contribution >= 4 is 36.8 Å². The van der Waals surface area contributed by atoms with Gasteiger partial charge >= 0.3 is 7.82 Å². The zero-order valence-electron chi connectivity index (χ0n) is 7.98. The Labute approximate surface area is 101 Å². The van der Waals surface area contributed by atoms with E-state index in [1.54, 1.807) is 0 Å². The number of rotatable bonds is 3. The van der Waals surface area contributed by atoms with Crippen molar-refractivity contribution in [3.63, 3.8) is 0 Å². The number of carbonyl (C=O) groups is 1. The van der Waals surface area contributed by atoms with E-state index in [1.165, 1.54) is 19.1 Å². The van der Waals surface area contributed by atoms with E-state index in [2.05, 4.69) is 4.52 Å². The first kappa shape index (κ1) is 13.5. The molecule has 5 nitrogen and oxygen atoms in total. The average Bonchev–Trinajstić information content (AvgIpc) is 2.10. The zero-order chi connectivity index (χ0) is 12.5. The molecule has 1 aromatic carbocycles. The van der Waals surface area contributed by atoms with Gasteiger partial charge in [-0.15, -0.1) is 0 Å². The quantitative estimate of drug-likeness (QED) is 0.658. The van der Waals surface area contributed by atoms with Gasteiger partial charge in [-0.25, -0.2) is 4.57 Å². The van der Waals surface area contributed by atoms with Gasteiger partial charge < -0.3 is 4.52 Å². The van der Waals surface area contributed by atoms with Crippen molar-refractivity contribution in [2.75, 3.05) is 0 Å². The van der Waals surface area contributed by atoms with Gasteiger partial charge in [-0.1, -0.05) is 23.2 Å². The van der Waals surface area contributed by atoms with Crippen molar-refractivity contribution < 1.29 is 23.7 Å². The highest BCUT2D eigenvalue weighted by molar-refractivity contribution is 7.46. The minimum Gasteiger partial charge on any atom is -0.403 e. The summed E-state index contributed by atoms with van der Waals surface area (Å²) in [6.45, 7) is 1.29. The molecule has 0 unspecified atom stereocenters. The van der Waals surface area contributed by atoms with Gasteiger partial charge in [0.15, 0.2) is 11.5 Å². The fourth-order valence-corrected chi connectivity index (χ4v) is 1.96. The van der Waals surface area contributed by atoms with Gasteiger partial charge in [0.25, 0.3) is 0 Å². The molecule has 0 spiro atoms. The highest BCUT2D eigenvalue weighted by atomic mass is 35.5. The van der Waals surface area contributed by atoms with Gasteiger partial charge in [0.2, 0.25) is 0 Å². The molecule has 0 saturated carbocycles. The lowest BCUT2D eigenvalue weighted by Gasteiger charge is -2.10. The van der Waals surface area contributed by atoms with Gasteiger partial charge in [0.05, 0.1) is 5.02 Å². The molecule has 2 N–H and O–H groups in total. The lowest BCUT2D eigenvalue weighted by molar-refractivity contribution is 0.101. The van der Waals surface area contributed by atoms with E-state index in [0.717, 1.165) is 0 Å². The van der Waals surface area contributed by atoms with Crippen molar-refractivity contribution in [1.29, 1.82) is 0 Å². The van der Waals surface area contributed by atoms with Crippen LogP contribution in [0.25, 0.3) is 0 Å². The molecule has 0 aliphatic rings. The molecule has 0 aliphatic heterocycles. The molecule has 0 heterocycles. The van der Waals surface area contributed by atoms with E-state index < -0.39 is 7.82 Å². The van der Waals surface area contributed by atoms with Crippen LogP contribution < -0.4 is 4.52 Å². The highest BCUT2D eigenvalue weighted by Gasteiger charge is 2.21. The fraction of sp³-hybridized carbons (Fsp3) is 0.125. The maximum absolute atomic E-state index is 11.1. The van der Waals surface area contributed by atoms with E-state index in [4.69, 9.17) is 33.0 Å². The standard InChI is InChI=1S/C8H7Cl2O5P/c1-4(11)5-2-3-6(8(10)7(5)9)15-16(12,13)14/h2-3H,1H3,(H2,12,13,14). The summed E-state index contributed by atoms with van der Waals surface area (Å²) in [6, 6.07) is 2.45. The summed E-state index contributed by atoms with van der Waals surface area (Å²) < 4.78 is 14.9. The van der Waals surface area contributed by atoms with Crippen LogP contribution >= 0.6 is 31.0 Å². The third-order valence-electron chi connectivity index (χ3n) is 1.64. The maximum atomic E-state index is 11.1. The van der Waals surface area contributed by atoms with Crippen LogP contribution in [0.5, 0.6) is 5.75 Å². The molecule has 8 heteroatoms. The largest absolute Gasteiger partial charge is 0.524 e. The number of hydrogen-bond acceptors (Lipinski definition) is 3. The van der Waals surface area contributed by atoms with Crippen LogP contribution in [0.3, 0.4) is 0 Å². The number of phosphoric acid groups is 1. The second-order valence-corrected chi connectivity index (χ2v) is 4.80. The first-order valence-electron chi connectivity index (χ1n) is 3.96. The van der Waals surface area contributed by atoms with Crippen molar-refractivity contribution in [3.05, 3.63) is 27.7 Å². The van der Waals surface area contributed by atoms with Crippen molar-refractivity contribution in [1.82, 2.24) is 0 Å². The van der Waals surface area contributed by atoms with Crippen LogP contribution in [0.4, 0.5) is 0 Å². The van der Waals surface area contributed by atoms with Gasteiger partial charge in [-0.3, -0.25) is 14.6 Å². The molecular weight excluding hydrogens is 278 g/mol. The van der Waals surface area contributed by atoms with E-state index >= 15 is 0 Å². The summed E-state index contributed by atoms with van der Waals surface area (Å²) in [6.07, 6.45) is 0. The average molecular weight is 285 g/mol. The molecule has 0 fully saturated rings. The molecule has 88 valence electrons. The first-order valence-corrected chi connectivity index (χ1v) is 6.25. The minimum absolute atomic E-state index is 0.0971. The van der Waals surface area contributed by atoms with Gasteiger partial charge in [0, 0.05) is 5.56 Å². The predicted molar refractivity (Wildman–Crippen MR) is 59.1 cm³/mol. The number of benzene rings is 1. The number of halogens is 2. The van der Waals surface area contributed by atoms with Crippen LogP contribution in [-0.2, 0) is 4.57 Å². The van der Waals surface area contributed by atoms with Gasteiger partial charge in [-0.05, 0) is 19.1 Å². The molecule has 0 amide bonds. The van der Waals surface area contributed by atoms with Gasteiger partial charge in [0.1, 0.15) is 5.02 Å². The number of ketones is 1. The van der Waals surface area contributed by atoms with Crippen LogP contribution in [0, 0.1) is 0 Å². The Balaban J connectivity index is 3.22. The Kier molecular flexibility index (Phi) is 3.99. The van der Waals surface area contributed by atoms with Crippen molar-refractivity contribution in [2.45, 2.75) is 6.92 Å². The molecule has 0 aromatic heterocycles. The van der Waals surface area contributed by atoms with E-state index in [1.807, 2.05) is 0 Å². The molecule has 0 aliphatic carbocycles. The van der Waals surface area contributed by atoms with E-state index in [-0.39, 0.29) is 27.1 Å². The lowest BCUT2D eigenvalue weighted by Crippen LogP contribution is -1.97. The fourth-order valence-electron chi connectivity index (χ4n) is 1.00. The Morgan fingerprint density at radius 2 is 1.88 bits per heavy atom. The van der Waals surface area contributed by atoms with Crippen LogP contribution in [-0.4, -0.2) is 15.6 Å². The maximum Gasteiger partial charge on any atom is 0.524 e. The summed E-state index contributed by atoms with van der Waals surface area (Å²) >= 11 is 11.4. The van der Waals surface area contributed by atoms with Crippen molar-refractivity contribution in [2.24, 2.45) is 0 Å². The smallest absolute Gasteiger partial charge is 0.403 e. The zero-order valence-corrected chi connectivity index (χ0v) is 10.4. The SMILES string of the molecule is CC(=O)c1ccc(OP(=O)(O)O)c(Cl)c1Cl. The van der Waals surface area contributed by atoms with E-state index in [0.29, 0.717) is 0 Å². The Bertz CT molecular complexity index is 482. The molecular formula is C8H7Cl2O5P. The van der Waals surface area contributed by atoms with Crippen molar-refractivity contribution in [3.8, 4) is 5.75 Å². The minimum atomic E-state index is -4.70. The molecule has 0 atom stereocenters. The first-order chi connectivity index (χ1) is 7.22. The van der Waals surface area contributed by atoms with Crippen LogP contribution in [0.15, 0.2) is 12.1 Å². The molecule has 1 rings (SSSR count). The third kappa shape index (κ3) is 3.20. The molecule has 16 heavy (non-hydrogen) atoms. The second-order valence-electron chi connectivity index (χ2n) is 2.88. The van der Waals surface area contributed by atoms with Crippen LogP contribution in [0.2, 0.25) is 10.0 Å². The van der Waals surface area contributed by atoms with E-state index in [9.17, 15) is 9.36 Å². The van der Waals surface area contributed by atoms with Gasteiger partial charge in [-0.2, -0.15) is 0 Å². The topological polar surface area (TPSA) is 83.8 Å². The number of phosphoric ester groups is 1. The third-order valence-corrected chi connectivity index (χ3v) is 2.94. The molecule has 0 bridgehead atoms. The predicted octanol–water partition coefficient (Wildman–Crippen LogP) is 2.67. The number of hydrogen-bond donors (Lipinski definition) is 2. The summed E-state index contributed by atoms with van der Waals surface area (Å²) in [4.78, 5) is 28.2. The lowest BCUT2D eigenvalue weighted by atomic mass is 10.1. The Morgan fingerprint density at radius 3 is 2.31 bits per heavy atom. The monoisotopic (exact) mass is 284 g/mol. The molecule has 0 radical (unpaired) electrons. The van der Waals surface area contributed by atoms with Crippen LogP contribution in [0.1, 0.15) is 17.3 Å². The summed E-state index contributed by atoms with van der Waals surface area (Å²) in [5.41, 5.74) is 0.157. The summed E-state index contributed by atoms with van der Waals surface area (Å²) in [5, 5.41) is -0.308. The molecule has 1 aromatic rings.